The van der Waals surface area contributed by atoms with Crippen molar-refractivity contribution < 1.29 is 23.8 Å². The second kappa shape index (κ2) is 11.2. The second-order valence-electron chi connectivity index (χ2n) is 8.31. The highest BCUT2D eigenvalue weighted by Crippen LogP contribution is 2.44. The third-order valence-electron chi connectivity index (χ3n) is 5.85. The first-order chi connectivity index (χ1) is 18.5. The summed E-state index contributed by atoms with van der Waals surface area (Å²) in [6.45, 7) is 2.28. The zero-order chi connectivity index (χ0) is 26.6. The van der Waals surface area contributed by atoms with Crippen LogP contribution in [0.4, 0.5) is 9.52 Å². The molecule has 192 valence electrons. The number of Topliss-reactive ketones (excluding diaryl/α,β-unsaturated/α-hetero) is 1. The quantitative estimate of drug-likeness (QED) is 0.0952. The van der Waals surface area contributed by atoms with E-state index in [0.29, 0.717) is 28.0 Å². The maximum Gasteiger partial charge on any atom is 0.301 e. The molecule has 38 heavy (non-hydrogen) atoms. The van der Waals surface area contributed by atoms with Crippen molar-refractivity contribution in [2.24, 2.45) is 0 Å². The van der Waals surface area contributed by atoms with Crippen molar-refractivity contribution in [2.45, 2.75) is 23.1 Å². The van der Waals surface area contributed by atoms with Gasteiger partial charge in [-0.1, -0.05) is 65.6 Å². The number of aliphatic hydroxyl groups is 1. The first-order valence-electron chi connectivity index (χ1n) is 11.8. The van der Waals surface area contributed by atoms with Gasteiger partial charge in [-0.15, -0.1) is 10.2 Å². The molecule has 1 N–H and O–H groups in total. The van der Waals surface area contributed by atoms with Crippen LogP contribution in [0.15, 0.2) is 88.8 Å². The number of thioether (sulfide) groups is 1. The summed E-state index contributed by atoms with van der Waals surface area (Å²) in [5.41, 5.74) is 1.75. The van der Waals surface area contributed by atoms with Gasteiger partial charge < -0.3 is 9.84 Å². The van der Waals surface area contributed by atoms with Crippen molar-refractivity contribution in [3.05, 3.63) is 107 Å². The predicted molar refractivity (Wildman–Crippen MR) is 145 cm³/mol. The number of aliphatic hydroxyl groups excluding tert-OH is 1. The van der Waals surface area contributed by atoms with Crippen molar-refractivity contribution in [3.63, 3.8) is 0 Å². The fraction of sp³-hybridized carbons (Fsp3) is 0.143. The van der Waals surface area contributed by atoms with Crippen LogP contribution in [0.3, 0.4) is 0 Å². The van der Waals surface area contributed by atoms with Crippen LogP contribution >= 0.6 is 23.1 Å². The van der Waals surface area contributed by atoms with E-state index in [9.17, 15) is 19.1 Å². The second-order valence-corrected chi connectivity index (χ2v) is 10.5. The number of amides is 1. The molecule has 0 bridgehead atoms. The fourth-order valence-electron chi connectivity index (χ4n) is 4.13. The van der Waals surface area contributed by atoms with E-state index in [0.717, 1.165) is 5.56 Å². The summed E-state index contributed by atoms with van der Waals surface area (Å²) in [6.07, 6.45) is 0. The third kappa shape index (κ3) is 5.18. The number of ketones is 1. The maximum atomic E-state index is 13.5. The molecule has 7 nitrogen and oxygen atoms in total. The molecule has 1 aromatic heterocycles. The van der Waals surface area contributed by atoms with Crippen molar-refractivity contribution in [2.75, 3.05) is 11.5 Å². The number of carbonyl (C=O) groups excluding carboxylic acids is 2. The van der Waals surface area contributed by atoms with Crippen LogP contribution in [0, 0.1) is 5.82 Å². The van der Waals surface area contributed by atoms with Gasteiger partial charge in [-0.25, -0.2) is 4.39 Å². The SMILES string of the molecule is CCOc1cccc(C2/C(=C(\O)c3ccc(F)cc3)C(=O)C(=O)N2c2nnc(SCc3ccccc3)s2)c1. The summed E-state index contributed by atoms with van der Waals surface area (Å²) in [6, 6.07) is 20.9. The Morgan fingerprint density at radius 1 is 1.05 bits per heavy atom. The lowest BCUT2D eigenvalue weighted by molar-refractivity contribution is -0.132. The molecule has 1 saturated heterocycles. The van der Waals surface area contributed by atoms with Gasteiger partial charge in [-0.2, -0.15) is 0 Å². The highest BCUT2D eigenvalue weighted by molar-refractivity contribution is 8.00. The van der Waals surface area contributed by atoms with Crippen LogP contribution in [-0.4, -0.2) is 33.6 Å². The molecule has 10 heteroatoms. The van der Waals surface area contributed by atoms with Crippen molar-refractivity contribution in [3.8, 4) is 5.75 Å². The van der Waals surface area contributed by atoms with E-state index < -0.39 is 29.3 Å². The Labute approximate surface area is 226 Å². The highest BCUT2D eigenvalue weighted by atomic mass is 32.2. The minimum Gasteiger partial charge on any atom is -0.507 e. The van der Waals surface area contributed by atoms with E-state index in [1.165, 1.54) is 52.3 Å². The highest BCUT2D eigenvalue weighted by Gasteiger charge is 2.48. The van der Waals surface area contributed by atoms with Gasteiger partial charge in [0.15, 0.2) is 4.34 Å². The summed E-state index contributed by atoms with van der Waals surface area (Å²) in [5.74, 6) is -1.38. The van der Waals surface area contributed by atoms with Crippen LogP contribution in [0.25, 0.3) is 5.76 Å². The fourth-order valence-corrected chi connectivity index (χ4v) is 5.95. The Balaban J connectivity index is 1.56. The third-order valence-corrected chi connectivity index (χ3v) is 7.98. The van der Waals surface area contributed by atoms with E-state index in [1.807, 2.05) is 37.3 Å². The summed E-state index contributed by atoms with van der Waals surface area (Å²) in [4.78, 5) is 27.9. The largest absolute Gasteiger partial charge is 0.507 e. The Bertz CT molecular complexity index is 1510. The molecule has 0 aliphatic carbocycles. The predicted octanol–water partition coefficient (Wildman–Crippen LogP) is 5.99. The lowest BCUT2D eigenvalue weighted by Gasteiger charge is -2.23. The van der Waals surface area contributed by atoms with Gasteiger partial charge in [0.1, 0.15) is 17.3 Å². The van der Waals surface area contributed by atoms with E-state index in [4.69, 9.17) is 4.74 Å². The van der Waals surface area contributed by atoms with Crippen molar-refractivity contribution >= 4 is 45.7 Å². The molecule has 0 spiro atoms. The molecule has 4 aromatic rings. The van der Waals surface area contributed by atoms with E-state index >= 15 is 0 Å². The smallest absolute Gasteiger partial charge is 0.301 e. The van der Waals surface area contributed by atoms with Gasteiger partial charge in [-0.3, -0.25) is 14.5 Å². The molecular weight excluding hydrogens is 525 g/mol. The van der Waals surface area contributed by atoms with Gasteiger partial charge in [0.25, 0.3) is 5.78 Å². The zero-order valence-corrected chi connectivity index (χ0v) is 21.8. The van der Waals surface area contributed by atoms with E-state index in [1.54, 1.807) is 24.3 Å². The Hall–Kier alpha value is -4.02. The number of benzene rings is 3. The average Bonchev–Trinajstić information content (AvgIpc) is 3.50. The molecule has 1 amide bonds. The number of carbonyl (C=O) groups is 2. The Morgan fingerprint density at radius 3 is 2.55 bits per heavy atom. The topological polar surface area (TPSA) is 92.6 Å². The summed E-state index contributed by atoms with van der Waals surface area (Å²) >= 11 is 2.66. The average molecular weight is 548 g/mol. The lowest BCUT2D eigenvalue weighted by atomic mass is 9.95. The Morgan fingerprint density at radius 2 is 1.82 bits per heavy atom. The van der Waals surface area contributed by atoms with Crippen LogP contribution < -0.4 is 9.64 Å². The van der Waals surface area contributed by atoms with E-state index in [-0.39, 0.29) is 16.3 Å². The minimum absolute atomic E-state index is 0.121. The molecule has 5 rings (SSSR count). The molecule has 2 heterocycles. The number of hydrogen-bond donors (Lipinski definition) is 1. The minimum atomic E-state index is -0.986. The standard InChI is InChI=1S/C28H22FN3O4S2/c1-2-36-21-10-6-9-19(15-21)23-22(24(33)18-11-13-20(29)14-12-18)25(34)26(35)32(23)27-30-31-28(38-27)37-16-17-7-4-3-5-8-17/h3-15,23,33H,2,16H2,1H3/b24-22+. The molecule has 0 radical (unpaired) electrons. The van der Waals surface area contributed by atoms with Gasteiger partial charge in [0.2, 0.25) is 5.13 Å². The van der Waals surface area contributed by atoms with Crippen molar-refractivity contribution in [1.29, 1.82) is 0 Å². The molecule has 1 fully saturated rings. The van der Waals surface area contributed by atoms with Crippen LogP contribution in [0.1, 0.15) is 29.7 Å². The van der Waals surface area contributed by atoms with Gasteiger partial charge in [0.05, 0.1) is 18.2 Å². The molecule has 3 aromatic carbocycles. The van der Waals surface area contributed by atoms with E-state index in [2.05, 4.69) is 10.2 Å². The summed E-state index contributed by atoms with van der Waals surface area (Å²) in [5, 5.41) is 19.9. The van der Waals surface area contributed by atoms with Crippen LogP contribution in [0.2, 0.25) is 0 Å². The van der Waals surface area contributed by atoms with Gasteiger partial charge >= 0.3 is 5.91 Å². The molecule has 1 atom stereocenters. The number of rotatable bonds is 8. The lowest BCUT2D eigenvalue weighted by Crippen LogP contribution is -2.29. The molecule has 1 aliphatic heterocycles. The van der Waals surface area contributed by atoms with Crippen LogP contribution in [0.5, 0.6) is 5.75 Å². The normalized spacial score (nSPS) is 16.7. The summed E-state index contributed by atoms with van der Waals surface area (Å²) < 4.78 is 19.8. The number of aromatic nitrogens is 2. The molecule has 1 unspecified atom stereocenters. The summed E-state index contributed by atoms with van der Waals surface area (Å²) in [7, 11) is 0. The van der Waals surface area contributed by atoms with Crippen LogP contribution in [-0.2, 0) is 15.3 Å². The first-order valence-corrected chi connectivity index (χ1v) is 13.6. The number of anilines is 1. The zero-order valence-electron chi connectivity index (χ0n) is 20.2. The number of halogens is 1. The number of hydrogen-bond acceptors (Lipinski definition) is 8. The monoisotopic (exact) mass is 547 g/mol. The van der Waals surface area contributed by atoms with Gasteiger partial charge in [0, 0.05) is 11.3 Å². The maximum absolute atomic E-state index is 13.5. The molecule has 1 aliphatic rings. The Kier molecular flexibility index (Phi) is 7.52. The van der Waals surface area contributed by atoms with Crippen molar-refractivity contribution in [1.82, 2.24) is 10.2 Å². The molecular formula is C28H22FN3O4S2. The molecule has 0 saturated carbocycles. The first kappa shape index (κ1) is 25.6. The number of nitrogens with zero attached hydrogens (tertiary/aromatic N) is 3. The number of ether oxygens (including phenoxy) is 1. The van der Waals surface area contributed by atoms with Gasteiger partial charge in [-0.05, 0) is 54.4 Å².